The van der Waals surface area contributed by atoms with Crippen LogP contribution in [0.5, 0.6) is 5.75 Å². The minimum atomic E-state index is -4.93. The van der Waals surface area contributed by atoms with E-state index >= 15 is 0 Å². The number of nitrogens with one attached hydrogen (secondary N) is 4. The number of carbonyl (C=O) groups is 4. The van der Waals surface area contributed by atoms with Gasteiger partial charge in [-0.2, -0.15) is 0 Å². The van der Waals surface area contributed by atoms with Crippen LogP contribution in [-0.2, 0) is 28.0 Å². The molecule has 1 saturated heterocycles. The molecule has 1 aliphatic rings. The third-order valence-corrected chi connectivity index (χ3v) is 6.65. The first-order valence-electron chi connectivity index (χ1n) is 12.9. The summed E-state index contributed by atoms with van der Waals surface area (Å²) in [5, 5.41) is 8.60. The highest BCUT2D eigenvalue weighted by Crippen LogP contribution is 2.35. The summed E-state index contributed by atoms with van der Waals surface area (Å²) in [4.78, 5) is 93.7. The highest BCUT2D eigenvalue weighted by atomic mass is 31.2. The van der Waals surface area contributed by atoms with Gasteiger partial charge in [0.05, 0.1) is 13.2 Å². The van der Waals surface area contributed by atoms with E-state index in [0.717, 1.165) is 0 Å². The number of phosphoric acid groups is 2. The third-order valence-electron chi connectivity index (χ3n) is 6.18. The van der Waals surface area contributed by atoms with Crippen LogP contribution in [0.1, 0.15) is 43.6 Å². The van der Waals surface area contributed by atoms with Crippen molar-refractivity contribution in [3.05, 3.63) is 30.0 Å². The van der Waals surface area contributed by atoms with Crippen LogP contribution < -0.4 is 20.7 Å². The maximum Gasteiger partial charge on any atom is 0.470 e. The van der Waals surface area contributed by atoms with E-state index in [1.807, 2.05) is 13.8 Å². The van der Waals surface area contributed by atoms with Crippen molar-refractivity contribution in [2.24, 2.45) is 11.8 Å². The Bertz CT molecular complexity index is 1390. The van der Waals surface area contributed by atoms with Crippen molar-refractivity contribution in [2.45, 2.75) is 45.2 Å². The molecule has 3 rings (SSSR count). The maximum absolute atomic E-state index is 13.3. The average Bonchev–Trinajstić information content (AvgIpc) is 3.50. The van der Waals surface area contributed by atoms with Gasteiger partial charge in [-0.25, -0.2) is 9.13 Å². The van der Waals surface area contributed by atoms with E-state index in [2.05, 4.69) is 25.5 Å². The van der Waals surface area contributed by atoms with Gasteiger partial charge in [0.1, 0.15) is 24.1 Å². The Morgan fingerprint density at radius 1 is 1.07 bits per heavy atom. The molecule has 0 saturated carbocycles. The van der Waals surface area contributed by atoms with E-state index < -0.39 is 57.9 Å². The van der Waals surface area contributed by atoms with Crippen LogP contribution in [0.15, 0.2) is 24.3 Å². The molecule has 1 aromatic heterocycles. The molecule has 240 valence electrons. The zero-order chi connectivity index (χ0) is 32.5. The first kappa shape index (κ1) is 36.1. The number of methoxy groups -OCH3 is 1. The van der Waals surface area contributed by atoms with Crippen LogP contribution in [-0.4, -0.2) is 85.3 Å². The van der Waals surface area contributed by atoms with Crippen LogP contribution in [0.3, 0.4) is 0 Å². The van der Waals surface area contributed by atoms with Gasteiger partial charge >= 0.3 is 15.6 Å². The second-order valence-corrected chi connectivity index (χ2v) is 12.3. The number of hydrogen-bond acceptors (Lipinski definition) is 8. The number of fused-ring (bicyclic) bond motifs is 1. The fourth-order valence-electron chi connectivity index (χ4n) is 4.31. The van der Waals surface area contributed by atoms with Crippen LogP contribution in [0.25, 0.3) is 10.9 Å². The molecule has 17 nitrogen and oxygen atoms in total. The fraction of sp³-hybridized carbons (Fsp3) is 0.500. The number of H-pyrrole nitrogens is 1. The summed E-state index contributed by atoms with van der Waals surface area (Å²) in [6, 6.07) is 4.62. The molecule has 2 heterocycles. The molecule has 3 atom stereocenters. The Morgan fingerprint density at radius 2 is 1.72 bits per heavy atom. The number of ketones is 1. The topological polar surface area (TPSA) is 274 Å². The zero-order valence-electron chi connectivity index (χ0n) is 23.6. The summed E-state index contributed by atoms with van der Waals surface area (Å²) in [5.41, 5.74) is 0.876. The minimum Gasteiger partial charge on any atom is -0.496 e. The number of hydrogen-bond donors (Lipinski definition) is 9. The largest absolute Gasteiger partial charge is 0.496 e. The molecule has 19 heteroatoms. The fourth-order valence-corrected chi connectivity index (χ4v) is 4.61. The first-order chi connectivity index (χ1) is 19.9. The van der Waals surface area contributed by atoms with E-state index in [9.17, 15) is 23.7 Å². The van der Waals surface area contributed by atoms with Crippen molar-refractivity contribution in [1.82, 2.24) is 20.9 Å². The van der Waals surface area contributed by atoms with Crippen molar-refractivity contribution < 1.29 is 62.0 Å². The lowest BCUT2D eigenvalue weighted by atomic mass is 9.95. The number of Topliss-reactive ketones (excluding diaryl/α,β-unsaturated/α-hetero) is 1. The molecular weight excluding hydrogens is 614 g/mol. The van der Waals surface area contributed by atoms with Crippen LogP contribution in [0.2, 0.25) is 0 Å². The van der Waals surface area contributed by atoms with E-state index in [-0.39, 0.29) is 30.4 Å². The van der Waals surface area contributed by atoms with Crippen molar-refractivity contribution in [3.63, 3.8) is 0 Å². The second-order valence-electron chi connectivity index (χ2n) is 10.1. The lowest BCUT2D eigenvalue weighted by molar-refractivity contribution is -0.131. The highest BCUT2D eigenvalue weighted by molar-refractivity contribution is 7.46. The van der Waals surface area contributed by atoms with E-state index in [1.165, 1.54) is 7.11 Å². The van der Waals surface area contributed by atoms with Gasteiger partial charge in [0.2, 0.25) is 11.8 Å². The first-order valence-corrected chi connectivity index (χ1v) is 16.0. The number of phosphoric ester groups is 1. The molecule has 3 amide bonds. The Labute approximate surface area is 246 Å². The van der Waals surface area contributed by atoms with E-state index in [1.54, 1.807) is 24.3 Å². The highest BCUT2D eigenvalue weighted by Gasteiger charge is 2.34. The lowest BCUT2D eigenvalue weighted by Crippen LogP contribution is -2.53. The minimum absolute atomic E-state index is 0.0124. The third kappa shape index (κ3) is 12.6. The van der Waals surface area contributed by atoms with Crippen molar-refractivity contribution in [2.75, 3.05) is 20.3 Å². The Morgan fingerprint density at radius 3 is 2.26 bits per heavy atom. The van der Waals surface area contributed by atoms with Gasteiger partial charge in [-0.15, -0.1) is 0 Å². The number of rotatable bonds is 13. The lowest BCUT2D eigenvalue weighted by Gasteiger charge is -2.25. The van der Waals surface area contributed by atoms with Gasteiger partial charge in [0.25, 0.3) is 5.91 Å². The standard InChI is InChI=1S/C24H33N4O9P.H3O4P/c1-13(2)9-18(28-24(32)19-11-15-16(26-19)5-4-6-21(15)36-3)23(31)27-17(10-14-7-8-25-22(14)30)20(29)12-37-38(33,34)35;1-5(2,3)4/h4-6,11,13-14,17-18,26H,7-10,12H2,1-3H3,(H,25,30)(H,27,31)(H,28,32)(H2,33,34,35);(H3,1,2,3,4)/t14-,17-,18-;/m0./s1. The molecule has 2 aromatic rings. The number of benzene rings is 1. The van der Waals surface area contributed by atoms with Gasteiger partial charge in [-0.05, 0) is 43.4 Å². The van der Waals surface area contributed by atoms with E-state index in [4.69, 9.17) is 33.8 Å². The molecule has 0 spiro atoms. The molecule has 0 aliphatic carbocycles. The Kier molecular flexibility index (Phi) is 13.0. The Balaban J connectivity index is 0.00000119. The summed E-state index contributed by atoms with van der Waals surface area (Å²) in [6.07, 6.45) is 0.601. The van der Waals surface area contributed by atoms with Crippen LogP contribution >= 0.6 is 15.6 Å². The molecule has 0 radical (unpaired) electrons. The van der Waals surface area contributed by atoms with Crippen molar-refractivity contribution in [1.29, 1.82) is 0 Å². The smallest absolute Gasteiger partial charge is 0.470 e. The van der Waals surface area contributed by atoms with Gasteiger partial charge < -0.3 is 50.1 Å². The monoisotopic (exact) mass is 650 g/mol. The summed E-state index contributed by atoms with van der Waals surface area (Å²) in [5.74, 6) is -2.32. The quantitative estimate of drug-likeness (QED) is 0.130. The number of carbonyl (C=O) groups excluding carboxylic acids is 4. The predicted octanol–water partition coefficient (Wildman–Crippen LogP) is 0.0818. The summed E-state index contributed by atoms with van der Waals surface area (Å²) in [7, 11) is -8.06. The predicted molar refractivity (Wildman–Crippen MR) is 150 cm³/mol. The Hall–Kier alpha value is -3.14. The molecule has 1 aliphatic heterocycles. The van der Waals surface area contributed by atoms with Crippen LogP contribution in [0.4, 0.5) is 0 Å². The molecule has 1 aromatic carbocycles. The number of aromatic amines is 1. The van der Waals surface area contributed by atoms with Gasteiger partial charge in [-0.3, -0.25) is 23.7 Å². The average molecular weight is 651 g/mol. The molecule has 1 fully saturated rings. The zero-order valence-corrected chi connectivity index (χ0v) is 25.3. The van der Waals surface area contributed by atoms with Gasteiger partial charge in [-0.1, -0.05) is 19.9 Å². The molecule has 0 bridgehead atoms. The van der Waals surface area contributed by atoms with Crippen molar-refractivity contribution >= 4 is 50.1 Å². The summed E-state index contributed by atoms with van der Waals surface area (Å²) >= 11 is 0. The van der Waals surface area contributed by atoms with Gasteiger partial charge in [0, 0.05) is 23.4 Å². The summed E-state index contributed by atoms with van der Waals surface area (Å²) < 4.78 is 29.6. The molecular formula is C24H36N4O13P2. The summed E-state index contributed by atoms with van der Waals surface area (Å²) in [6.45, 7) is 3.18. The van der Waals surface area contributed by atoms with Crippen LogP contribution in [0, 0.1) is 11.8 Å². The maximum atomic E-state index is 13.3. The number of aromatic nitrogens is 1. The normalized spacial score (nSPS) is 16.6. The molecule has 43 heavy (non-hydrogen) atoms. The second kappa shape index (κ2) is 15.5. The number of amides is 3. The van der Waals surface area contributed by atoms with E-state index in [0.29, 0.717) is 29.6 Å². The van der Waals surface area contributed by atoms with Crippen molar-refractivity contribution in [3.8, 4) is 5.75 Å². The SMILES string of the molecule is COc1cccc2[nH]c(C(=O)N[C@@H](CC(C)C)C(=O)N[C@@H](C[C@@H]3CCNC3=O)C(=O)COP(=O)(O)O)cc12.O=P(O)(O)O. The van der Waals surface area contributed by atoms with Gasteiger partial charge in [0.15, 0.2) is 5.78 Å². The molecule has 0 unspecified atom stereocenters. The molecule has 9 N–H and O–H groups in total. The number of ether oxygens (including phenoxy) is 1.